The average Bonchev–Trinajstić information content (AvgIpc) is 2.74. The fourth-order valence-corrected chi connectivity index (χ4v) is 2.10. The van der Waals surface area contributed by atoms with Crippen LogP contribution in [0.1, 0.15) is 16.9 Å². The Bertz CT molecular complexity index is 622. The summed E-state index contributed by atoms with van der Waals surface area (Å²) in [6, 6.07) is 6.77. The molecule has 1 aromatic carbocycles. The molecule has 0 saturated carbocycles. The Morgan fingerprint density at radius 3 is 2.65 bits per heavy atom. The zero-order valence-corrected chi connectivity index (χ0v) is 11.5. The second kappa shape index (κ2) is 5.75. The van der Waals surface area contributed by atoms with Crippen molar-refractivity contribution in [1.82, 2.24) is 4.90 Å². The lowest BCUT2D eigenvalue weighted by molar-refractivity contribution is -0.383. The molecule has 2 rings (SSSR count). The number of rotatable bonds is 5. The Morgan fingerprint density at radius 1 is 1.35 bits per heavy atom. The molecule has 2 aromatic rings. The fraction of sp³-hybridized carbons (Fsp3) is 0.286. The number of anilines is 1. The van der Waals surface area contributed by atoms with E-state index in [1.54, 1.807) is 18.4 Å². The van der Waals surface area contributed by atoms with Crippen molar-refractivity contribution in [1.29, 1.82) is 0 Å². The number of benzene rings is 1. The molecule has 0 spiro atoms. The van der Waals surface area contributed by atoms with E-state index in [0.29, 0.717) is 6.54 Å². The molecule has 106 valence electrons. The van der Waals surface area contributed by atoms with Gasteiger partial charge in [-0.3, -0.25) is 15.0 Å². The lowest BCUT2D eigenvalue weighted by atomic mass is 10.1. The first-order valence-electron chi connectivity index (χ1n) is 6.21. The van der Waals surface area contributed by atoms with Gasteiger partial charge in [-0.25, -0.2) is 0 Å². The SMILES string of the molecule is Cc1occc1CN(C)Cc1ccc([N+](=O)[O-])c(N)c1. The standard InChI is InChI=1S/C14H17N3O3/c1-10-12(5-6-20-10)9-16(2)8-11-3-4-14(17(18)19)13(15)7-11/h3-7H,8-9,15H2,1-2H3. The molecule has 0 amide bonds. The molecule has 2 N–H and O–H groups in total. The van der Waals surface area contributed by atoms with Gasteiger partial charge in [0.25, 0.3) is 5.69 Å². The van der Waals surface area contributed by atoms with E-state index in [0.717, 1.165) is 23.4 Å². The average molecular weight is 275 g/mol. The summed E-state index contributed by atoms with van der Waals surface area (Å²) in [7, 11) is 1.98. The van der Waals surface area contributed by atoms with Crippen LogP contribution in [0.3, 0.4) is 0 Å². The van der Waals surface area contributed by atoms with Crippen molar-refractivity contribution in [3.8, 4) is 0 Å². The molecule has 0 radical (unpaired) electrons. The van der Waals surface area contributed by atoms with Crippen molar-refractivity contribution in [2.24, 2.45) is 0 Å². The maximum atomic E-state index is 10.7. The summed E-state index contributed by atoms with van der Waals surface area (Å²) in [4.78, 5) is 12.3. The molecule has 6 nitrogen and oxygen atoms in total. The number of nitrogens with two attached hydrogens (primary N) is 1. The van der Waals surface area contributed by atoms with E-state index in [1.165, 1.54) is 6.07 Å². The highest BCUT2D eigenvalue weighted by molar-refractivity contribution is 5.59. The molecule has 0 atom stereocenters. The van der Waals surface area contributed by atoms with Crippen LogP contribution in [-0.2, 0) is 13.1 Å². The van der Waals surface area contributed by atoms with Crippen molar-refractivity contribution < 1.29 is 9.34 Å². The van der Waals surface area contributed by atoms with Crippen LogP contribution < -0.4 is 5.73 Å². The molecule has 0 aliphatic heterocycles. The molecule has 0 bridgehead atoms. The summed E-state index contributed by atoms with van der Waals surface area (Å²) in [5.74, 6) is 0.903. The van der Waals surface area contributed by atoms with Crippen LogP contribution in [0.15, 0.2) is 34.9 Å². The summed E-state index contributed by atoms with van der Waals surface area (Å²) in [6.45, 7) is 3.33. The third kappa shape index (κ3) is 3.16. The zero-order chi connectivity index (χ0) is 14.7. The summed E-state index contributed by atoms with van der Waals surface area (Å²) in [5.41, 5.74) is 7.89. The van der Waals surface area contributed by atoms with Gasteiger partial charge in [0, 0.05) is 24.7 Å². The minimum atomic E-state index is -0.475. The van der Waals surface area contributed by atoms with Crippen molar-refractivity contribution in [2.75, 3.05) is 12.8 Å². The molecular weight excluding hydrogens is 258 g/mol. The van der Waals surface area contributed by atoms with Gasteiger partial charge in [0.05, 0.1) is 11.2 Å². The van der Waals surface area contributed by atoms with Crippen LogP contribution in [0, 0.1) is 17.0 Å². The van der Waals surface area contributed by atoms with E-state index in [4.69, 9.17) is 10.2 Å². The Morgan fingerprint density at radius 2 is 2.10 bits per heavy atom. The number of furan rings is 1. The highest BCUT2D eigenvalue weighted by atomic mass is 16.6. The fourth-order valence-electron chi connectivity index (χ4n) is 2.10. The van der Waals surface area contributed by atoms with Crippen molar-refractivity contribution in [2.45, 2.75) is 20.0 Å². The van der Waals surface area contributed by atoms with E-state index in [2.05, 4.69) is 4.90 Å². The monoisotopic (exact) mass is 275 g/mol. The Kier molecular flexibility index (Phi) is 4.05. The number of hydrogen-bond acceptors (Lipinski definition) is 5. The predicted octanol–water partition coefficient (Wildman–Crippen LogP) is 2.71. The van der Waals surface area contributed by atoms with Gasteiger partial charge in [-0.1, -0.05) is 6.07 Å². The van der Waals surface area contributed by atoms with E-state index < -0.39 is 4.92 Å². The summed E-state index contributed by atoms with van der Waals surface area (Å²) < 4.78 is 5.26. The second-order valence-electron chi connectivity index (χ2n) is 4.82. The van der Waals surface area contributed by atoms with Gasteiger partial charge in [0.15, 0.2) is 0 Å². The minimum absolute atomic E-state index is 0.0536. The number of nitrogens with zero attached hydrogens (tertiary/aromatic N) is 2. The van der Waals surface area contributed by atoms with Crippen molar-refractivity contribution in [3.63, 3.8) is 0 Å². The lowest BCUT2D eigenvalue weighted by Gasteiger charge is -2.16. The molecule has 0 aliphatic rings. The highest BCUT2D eigenvalue weighted by Gasteiger charge is 2.12. The third-order valence-electron chi connectivity index (χ3n) is 3.15. The summed E-state index contributed by atoms with van der Waals surface area (Å²) >= 11 is 0. The number of nitro groups is 1. The molecule has 0 saturated heterocycles. The summed E-state index contributed by atoms with van der Waals surface area (Å²) in [5, 5.41) is 10.7. The number of nitrogen functional groups attached to an aromatic ring is 1. The molecule has 1 aromatic heterocycles. The molecule has 0 aliphatic carbocycles. The number of nitro benzene ring substituents is 1. The van der Waals surface area contributed by atoms with E-state index >= 15 is 0 Å². The summed E-state index contributed by atoms with van der Waals surface area (Å²) in [6.07, 6.45) is 1.67. The van der Waals surface area contributed by atoms with Gasteiger partial charge >= 0.3 is 0 Å². The lowest BCUT2D eigenvalue weighted by Crippen LogP contribution is -2.17. The first-order chi connectivity index (χ1) is 9.47. The quantitative estimate of drug-likeness (QED) is 0.515. The zero-order valence-electron chi connectivity index (χ0n) is 11.5. The Labute approximate surface area is 116 Å². The van der Waals surface area contributed by atoms with Gasteiger partial charge in [-0.2, -0.15) is 0 Å². The third-order valence-corrected chi connectivity index (χ3v) is 3.15. The maximum Gasteiger partial charge on any atom is 0.292 e. The van der Waals surface area contributed by atoms with E-state index in [1.807, 2.05) is 20.0 Å². The molecule has 0 fully saturated rings. The molecule has 6 heteroatoms. The minimum Gasteiger partial charge on any atom is -0.469 e. The van der Waals surface area contributed by atoms with Crippen LogP contribution in [0.2, 0.25) is 0 Å². The number of aryl methyl sites for hydroxylation is 1. The van der Waals surface area contributed by atoms with Crippen LogP contribution >= 0.6 is 0 Å². The van der Waals surface area contributed by atoms with Gasteiger partial charge in [-0.15, -0.1) is 0 Å². The molecular formula is C14H17N3O3. The smallest absolute Gasteiger partial charge is 0.292 e. The molecule has 0 unspecified atom stereocenters. The van der Waals surface area contributed by atoms with Crippen LogP contribution in [0.5, 0.6) is 0 Å². The molecule has 20 heavy (non-hydrogen) atoms. The van der Waals surface area contributed by atoms with Gasteiger partial charge in [-0.05, 0) is 31.7 Å². The van der Waals surface area contributed by atoms with Gasteiger partial charge < -0.3 is 10.2 Å². The van der Waals surface area contributed by atoms with Gasteiger partial charge in [0.1, 0.15) is 11.4 Å². The number of hydrogen-bond donors (Lipinski definition) is 1. The van der Waals surface area contributed by atoms with E-state index in [9.17, 15) is 10.1 Å². The second-order valence-corrected chi connectivity index (χ2v) is 4.82. The first kappa shape index (κ1) is 14.1. The van der Waals surface area contributed by atoms with E-state index in [-0.39, 0.29) is 11.4 Å². The first-order valence-corrected chi connectivity index (χ1v) is 6.21. The van der Waals surface area contributed by atoms with Crippen LogP contribution in [-0.4, -0.2) is 16.9 Å². The Hall–Kier alpha value is -2.34. The molecule has 1 heterocycles. The van der Waals surface area contributed by atoms with Crippen LogP contribution in [0.4, 0.5) is 11.4 Å². The van der Waals surface area contributed by atoms with Crippen LogP contribution in [0.25, 0.3) is 0 Å². The van der Waals surface area contributed by atoms with Crippen molar-refractivity contribution >= 4 is 11.4 Å². The Balaban J connectivity index is 2.05. The topological polar surface area (TPSA) is 85.5 Å². The maximum absolute atomic E-state index is 10.7. The largest absolute Gasteiger partial charge is 0.469 e. The predicted molar refractivity (Wildman–Crippen MR) is 76.1 cm³/mol. The normalized spacial score (nSPS) is 10.9. The van der Waals surface area contributed by atoms with Crippen molar-refractivity contribution in [3.05, 3.63) is 57.5 Å². The highest BCUT2D eigenvalue weighted by Crippen LogP contribution is 2.23. The van der Waals surface area contributed by atoms with Gasteiger partial charge in [0.2, 0.25) is 0 Å².